The zero-order valence-corrected chi connectivity index (χ0v) is 11.1. The minimum Gasteiger partial charge on any atom is -0.469 e. The second kappa shape index (κ2) is 5.92. The zero-order valence-electron chi connectivity index (χ0n) is 8.66. The Hall–Kier alpha value is -0.990. The van der Waals surface area contributed by atoms with Gasteiger partial charge in [-0.25, -0.2) is 0 Å². The molecule has 0 aliphatic rings. The fourth-order valence-corrected chi connectivity index (χ4v) is 2.21. The fraction of sp³-hybridized carbons (Fsp3) is 0.273. The Morgan fingerprint density at radius 3 is 2.81 bits per heavy atom. The van der Waals surface area contributed by atoms with Gasteiger partial charge in [-0.1, -0.05) is 22.0 Å². The maximum absolute atomic E-state index is 11.1. The molecule has 1 aromatic rings. The summed E-state index contributed by atoms with van der Waals surface area (Å²) in [6.07, 6.45) is 0.166. The predicted octanol–water partition coefficient (Wildman–Crippen LogP) is 2.46. The maximum Gasteiger partial charge on any atom is 0.309 e. The molecule has 0 saturated heterocycles. The van der Waals surface area contributed by atoms with E-state index in [4.69, 9.17) is 5.26 Å². The zero-order chi connectivity index (χ0) is 12.1. The lowest BCUT2D eigenvalue weighted by atomic mass is 10.0. The Kier molecular flexibility index (Phi) is 4.84. The van der Waals surface area contributed by atoms with E-state index in [0.29, 0.717) is 15.8 Å². The Bertz CT molecular complexity index is 454. The van der Waals surface area contributed by atoms with Crippen molar-refractivity contribution in [2.45, 2.75) is 16.6 Å². The molecule has 0 aliphatic heterocycles. The quantitative estimate of drug-likeness (QED) is 0.530. The van der Waals surface area contributed by atoms with Crippen molar-refractivity contribution in [2.75, 3.05) is 7.11 Å². The smallest absolute Gasteiger partial charge is 0.309 e. The molecule has 0 heterocycles. The molecule has 84 valence electrons. The number of esters is 1. The van der Waals surface area contributed by atoms with E-state index in [1.54, 1.807) is 6.07 Å². The Balaban J connectivity index is 3.13. The van der Waals surface area contributed by atoms with Gasteiger partial charge in [0, 0.05) is 10.2 Å². The normalized spacial score (nSPS) is 9.62. The number of carbonyl (C=O) groups excluding carboxylic acids is 1. The number of hydrogen-bond donors (Lipinski definition) is 1. The molecule has 0 fully saturated rings. The van der Waals surface area contributed by atoms with Gasteiger partial charge in [-0.15, -0.1) is 12.6 Å². The van der Waals surface area contributed by atoms with Crippen LogP contribution >= 0.6 is 28.6 Å². The van der Waals surface area contributed by atoms with Gasteiger partial charge in [0.15, 0.2) is 0 Å². The van der Waals surface area contributed by atoms with Crippen LogP contribution in [-0.4, -0.2) is 13.1 Å². The number of methoxy groups -OCH3 is 1. The van der Waals surface area contributed by atoms with Crippen LogP contribution in [0.5, 0.6) is 0 Å². The van der Waals surface area contributed by atoms with E-state index in [-0.39, 0.29) is 12.4 Å². The molecule has 3 nitrogen and oxygen atoms in total. The van der Waals surface area contributed by atoms with Crippen molar-refractivity contribution in [3.63, 3.8) is 0 Å². The van der Waals surface area contributed by atoms with Crippen LogP contribution < -0.4 is 0 Å². The second-order valence-corrected chi connectivity index (χ2v) is 4.16. The van der Waals surface area contributed by atoms with E-state index < -0.39 is 0 Å². The van der Waals surface area contributed by atoms with Crippen molar-refractivity contribution in [3.8, 4) is 6.07 Å². The summed E-state index contributed by atoms with van der Waals surface area (Å²) < 4.78 is 4.58. The molecule has 5 heteroatoms. The minimum absolute atomic E-state index is 0.166. The molecule has 1 aromatic carbocycles. The molecular weight excluding hydrogens is 290 g/mol. The number of ether oxygens (including phenoxy) is 1. The number of halogens is 1. The first kappa shape index (κ1) is 13.1. The molecule has 0 bridgehead atoms. The largest absolute Gasteiger partial charge is 0.469 e. The highest BCUT2D eigenvalue weighted by Crippen LogP contribution is 2.23. The van der Waals surface area contributed by atoms with Crippen LogP contribution in [0.3, 0.4) is 0 Å². The predicted molar refractivity (Wildman–Crippen MR) is 66.8 cm³/mol. The topological polar surface area (TPSA) is 50.1 Å². The highest BCUT2D eigenvalue weighted by Gasteiger charge is 2.10. The van der Waals surface area contributed by atoms with E-state index in [2.05, 4.69) is 39.4 Å². The lowest BCUT2D eigenvalue weighted by Crippen LogP contribution is -2.05. The summed E-state index contributed by atoms with van der Waals surface area (Å²) in [5.41, 5.74) is 2.12. The fourth-order valence-electron chi connectivity index (χ4n) is 1.29. The molecule has 0 radical (unpaired) electrons. The molecule has 0 saturated carbocycles. The standard InChI is InChI=1S/C11H10BrNO2S/c1-15-10(14)4-7-2-8(5-12)11(16)9(3-7)6-13/h2-3,16H,4-5H2,1H3. The first-order valence-electron chi connectivity index (χ1n) is 4.50. The van der Waals surface area contributed by atoms with E-state index in [9.17, 15) is 4.79 Å². The molecule has 0 unspecified atom stereocenters. The number of nitrogens with zero attached hydrogens (tertiary/aromatic N) is 1. The Morgan fingerprint density at radius 1 is 1.62 bits per heavy atom. The molecule has 0 N–H and O–H groups in total. The highest BCUT2D eigenvalue weighted by molar-refractivity contribution is 9.08. The molecule has 16 heavy (non-hydrogen) atoms. The lowest BCUT2D eigenvalue weighted by molar-refractivity contribution is -0.139. The average molecular weight is 300 g/mol. The van der Waals surface area contributed by atoms with E-state index in [1.165, 1.54) is 7.11 Å². The summed E-state index contributed by atoms with van der Waals surface area (Å²) in [5.74, 6) is -0.323. The van der Waals surface area contributed by atoms with Crippen LogP contribution in [0.25, 0.3) is 0 Å². The molecular formula is C11H10BrNO2S. The van der Waals surface area contributed by atoms with E-state index >= 15 is 0 Å². The number of alkyl halides is 1. The van der Waals surface area contributed by atoms with Crippen molar-refractivity contribution >= 4 is 34.5 Å². The van der Waals surface area contributed by atoms with Crippen LogP contribution in [0, 0.1) is 11.3 Å². The number of benzene rings is 1. The minimum atomic E-state index is -0.323. The first-order valence-corrected chi connectivity index (χ1v) is 6.07. The van der Waals surface area contributed by atoms with Crippen LogP contribution in [0.4, 0.5) is 0 Å². The van der Waals surface area contributed by atoms with Gasteiger partial charge >= 0.3 is 5.97 Å². The monoisotopic (exact) mass is 299 g/mol. The number of hydrogen-bond acceptors (Lipinski definition) is 4. The van der Waals surface area contributed by atoms with Crippen LogP contribution in [-0.2, 0) is 21.3 Å². The number of nitriles is 1. The molecule has 0 amide bonds. The molecule has 0 aromatic heterocycles. The Morgan fingerprint density at radius 2 is 2.31 bits per heavy atom. The number of rotatable bonds is 3. The van der Waals surface area contributed by atoms with Gasteiger partial charge in [0.2, 0.25) is 0 Å². The van der Waals surface area contributed by atoms with Crippen molar-refractivity contribution in [1.82, 2.24) is 0 Å². The summed E-state index contributed by atoms with van der Waals surface area (Å²) in [4.78, 5) is 11.8. The van der Waals surface area contributed by atoms with Gasteiger partial charge in [0.1, 0.15) is 6.07 Å². The number of carbonyl (C=O) groups is 1. The summed E-state index contributed by atoms with van der Waals surface area (Å²) in [7, 11) is 1.34. The van der Waals surface area contributed by atoms with Gasteiger partial charge in [0.05, 0.1) is 19.1 Å². The second-order valence-electron chi connectivity index (χ2n) is 3.15. The highest BCUT2D eigenvalue weighted by atomic mass is 79.9. The molecule has 0 spiro atoms. The summed E-state index contributed by atoms with van der Waals surface area (Å²) in [6, 6.07) is 5.55. The van der Waals surface area contributed by atoms with Gasteiger partial charge in [0.25, 0.3) is 0 Å². The van der Waals surface area contributed by atoms with Crippen LogP contribution in [0.15, 0.2) is 17.0 Å². The first-order chi connectivity index (χ1) is 7.62. The van der Waals surface area contributed by atoms with E-state index in [1.807, 2.05) is 6.07 Å². The van der Waals surface area contributed by atoms with Crippen molar-refractivity contribution in [1.29, 1.82) is 5.26 Å². The summed E-state index contributed by atoms with van der Waals surface area (Å²) in [5, 5.41) is 9.52. The van der Waals surface area contributed by atoms with Crippen molar-refractivity contribution in [2.24, 2.45) is 0 Å². The molecule has 1 rings (SSSR count). The summed E-state index contributed by atoms with van der Waals surface area (Å²) in [6.45, 7) is 0. The third-order valence-electron chi connectivity index (χ3n) is 2.09. The van der Waals surface area contributed by atoms with Crippen molar-refractivity contribution in [3.05, 3.63) is 28.8 Å². The van der Waals surface area contributed by atoms with Crippen molar-refractivity contribution < 1.29 is 9.53 Å². The van der Waals surface area contributed by atoms with Crippen LogP contribution in [0.1, 0.15) is 16.7 Å². The maximum atomic E-state index is 11.1. The SMILES string of the molecule is COC(=O)Cc1cc(C#N)c(S)c(CBr)c1. The van der Waals surface area contributed by atoms with Gasteiger partial charge in [-0.05, 0) is 17.2 Å². The third-order valence-corrected chi connectivity index (χ3v) is 3.22. The third kappa shape index (κ3) is 3.00. The van der Waals surface area contributed by atoms with Gasteiger partial charge < -0.3 is 4.74 Å². The van der Waals surface area contributed by atoms with E-state index in [0.717, 1.165) is 11.1 Å². The molecule has 0 atom stereocenters. The Labute approximate surface area is 108 Å². The lowest BCUT2D eigenvalue weighted by Gasteiger charge is -2.07. The van der Waals surface area contributed by atoms with Gasteiger partial charge in [-0.3, -0.25) is 4.79 Å². The molecule has 0 aliphatic carbocycles. The summed E-state index contributed by atoms with van der Waals surface area (Å²) >= 11 is 7.58. The van der Waals surface area contributed by atoms with Gasteiger partial charge in [-0.2, -0.15) is 5.26 Å². The number of thiol groups is 1. The van der Waals surface area contributed by atoms with Crippen LogP contribution in [0.2, 0.25) is 0 Å². The average Bonchev–Trinajstić information content (AvgIpc) is 2.30.